The smallest absolute Gasteiger partial charge is 0.303 e. The van der Waals surface area contributed by atoms with E-state index in [2.05, 4.69) is 37.2 Å². The van der Waals surface area contributed by atoms with Crippen molar-refractivity contribution < 1.29 is 230 Å². The zero-order valence-corrected chi connectivity index (χ0v) is 81.5. The molecule has 8 unspecified atom stereocenters. The Morgan fingerprint density at radius 2 is 0.511 bits per heavy atom. The molecular weight excluding hydrogens is 1960 g/mol. The number of aliphatic hydroxyl groups is 1. The van der Waals surface area contributed by atoms with Crippen molar-refractivity contribution in [2.75, 3.05) is 105 Å². The molecule has 131 heavy (non-hydrogen) atoms. The van der Waals surface area contributed by atoms with Gasteiger partial charge >= 0.3 is 65.7 Å². The average Bonchev–Trinajstić information content (AvgIpc) is 0.793. The van der Waals surface area contributed by atoms with Crippen LogP contribution in [-0.2, 0) is 181 Å². The third kappa shape index (κ3) is 45.0. The van der Waals surface area contributed by atoms with E-state index in [1.165, 1.54) is 37.5 Å². The van der Waals surface area contributed by atoms with Gasteiger partial charge in [0.15, 0.2) is 67.9 Å². The summed E-state index contributed by atoms with van der Waals surface area (Å²) >= 11 is 0. The van der Waals surface area contributed by atoms with Crippen molar-refractivity contribution in [1.82, 2.24) is 47.0 Å². The van der Waals surface area contributed by atoms with Gasteiger partial charge in [-0.25, -0.2) is 0 Å². The molecule has 8 amide bonds. The zero-order valence-electron chi connectivity index (χ0n) is 76.8. The summed E-state index contributed by atoms with van der Waals surface area (Å²) in [6.45, 7) is 14.7. The van der Waals surface area contributed by atoms with Gasteiger partial charge in [0.1, 0.15) is 81.1 Å². The van der Waals surface area contributed by atoms with E-state index in [9.17, 15) is 96.2 Å². The van der Waals surface area contributed by atoms with Crippen molar-refractivity contribution in [3.8, 4) is 0 Å². The Balaban J connectivity index is 0.0000442. The van der Waals surface area contributed by atoms with Crippen LogP contribution in [0.4, 0.5) is 0 Å². The molecule has 739 valence electrons. The van der Waals surface area contributed by atoms with Crippen LogP contribution in [0.3, 0.4) is 0 Å². The topological polar surface area (TPSA) is 611 Å². The predicted molar refractivity (Wildman–Crippen MR) is 438 cm³/mol. The maximum atomic E-state index is 14.4. The normalized spacial score (nSPS) is 24.8. The monoisotopic (exact) mass is 2090 g/mol. The van der Waals surface area contributed by atoms with E-state index in [4.69, 9.17) is 90.0 Å². The van der Waals surface area contributed by atoms with E-state index in [-0.39, 0.29) is 212 Å². The molecule has 4 aliphatic rings. The van der Waals surface area contributed by atoms with Crippen LogP contribution in [0.15, 0.2) is 0 Å². The second-order valence-corrected chi connectivity index (χ2v) is 30.8. The molecule has 4 rings (SSSR count). The van der Waals surface area contributed by atoms with Crippen LogP contribution in [0.5, 0.6) is 0 Å². The molecule has 4 heterocycles. The first kappa shape index (κ1) is 116. The first-order valence-corrected chi connectivity index (χ1v) is 42.8. The van der Waals surface area contributed by atoms with Gasteiger partial charge < -0.3 is 142 Å². The zero-order chi connectivity index (χ0) is 96.9. The number of nitrogens with zero attached hydrogens (tertiary/aromatic N) is 2. The fourth-order valence-corrected chi connectivity index (χ4v) is 14.2. The third-order valence-corrected chi connectivity index (χ3v) is 19.5. The third-order valence-electron chi connectivity index (χ3n) is 19.5. The molecule has 0 spiro atoms. The first-order valence-electron chi connectivity index (χ1n) is 42.8. The summed E-state index contributed by atoms with van der Waals surface area (Å²) < 4.78 is 107. The van der Waals surface area contributed by atoms with Gasteiger partial charge in [-0.3, -0.25) is 91.1 Å². The van der Waals surface area contributed by atoms with Gasteiger partial charge in [0.05, 0.1) is 0 Å². The number of unbranched alkanes of at least 4 members (excludes halogenated alkanes) is 4. The Morgan fingerprint density at radius 3 is 0.771 bits per heavy atom. The number of nitrogens with one attached hydrogen (secondary N) is 7. The van der Waals surface area contributed by atoms with Crippen molar-refractivity contribution in [2.24, 2.45) is 0 Å². The minimum atomic E-state index is -1.58. The van der Waals surface area contributed by atoms with Crippen LogP contribution in [0.1, 0.15) is 181 Å². The number of carbonyl (C=O) groups is 19. The molecule has 48 nitrogen and oxygen atoms in total. The Labute approximate surface area is 794 Å². The summed E-state index contributed by atoms with van der Waals surface area (Å²) in [5.41, 5.74) is 0. The van der Waals surface area contributed by atoms with E-state index in [0.717, 1.165) is 76.2 Å². The molecule has 20 atom stereocenters. The maximum Gasteiger partial charge on any atom is 0.303 e. The van der Waals surface area contributed by atoms with Crippen molar-refractivity contribution in [1.29, 1.82) is 0 Å². The average molecular weight is 2090 g/mol. The van der Waals surface area contributed by atoms with Gasteiger partial charge in [0.2, 0.25) is 47.3 Å². The molecule has 0 aromatic carbocycles. The summed E-state index contributed by atoms with van der Waals surface area (Å²) in [6.07, 6.45) is -20.3. The molecule has 1 radical (unpaired) electrons. The Hall–Kier alpha value is -9.03. The van der Waals surface area contributed by atoms with Gasteiger partial charge in [-0.2, -0.15) is 0 Å². The van der Waals surface area contributed by atoms with Crippen molar-refractivity contribution >= 4 is 113 Å². The maximum absolute atomic E-state index is 14.4. The molecule has 0 aromatic rings. The SMILES string of the molecule is CC(=O)NC1[C@H](OCCCCC(=O)N(CCNCCN(CCNC(=O)CCCCO[C@@H]2OC(COC(C)=O)[C@H](OC(C)=O)[C@H](OC(C)=O)C2NC(C)=O)C(=O)CCCCO[C@@H]2OC(COC(C)=O)[C@H](OC(C)=O)[C@H](OC(C)=O)C2NC(C)=O)CCNC(=O)CCCCO[C@@H]2OC(COC(C)=O)[C@H](OC(C)=O)[C@H](OC(C)=O)C2NC(C)=O)OC(COC(C)=O)[C@H](O)[C@@H]1OC(C)=O.[Ac]. The summed E-state index contributed by atoms with van der Waals surface area (Å²) in [4.78, 5) is 242. The fourth-order valence-electron chi connectivity index (χ4n) is 14.2. The molecule has 0 aromatic heterocycles. The molecule has 4 saturated heterocycles. The molecule has 8 N–H and O–H groups in total. The molecule has 0 bridgehead atoms. The van der Waals surface area contributed by atoms with Crippen LogP contribution in [0.25, 0.3) is 0 Å². The van der Waals surface area contributed by atoms with Crippen molar-refractivity contribution in [3.05, 3.63) is 0 Å². The number of aliphatic hydroxyl groups excluding tert-OH is 1. The summed E-state index contributed by atoms with van der Waals surface area (Å²) in [7, 11) is 0. The summed E-state index contributed by atoms with van der Waals surface area (Å²) in [5, 5.41) is 30.5. The van der Waals surface area contributed by atoms with Gasteiger partial charge in [-0.1, -0.05) is 0 Å². The van der Waals surface area contributed by atoms with Crippen LogP contribution >= 0.6 is 0 Å². The predicted octanol–water partition coefficient (Wildman–Crippen LogP) is -2.73. The Morgan fingerprint density at radius 1 is 0.282 bits per heavy atom. The molecular formula is C82H129AcN9O39. The second kappa shape index (κ2) is 61.7. The van der Waals surface area contributed by atoms with E-state index in [1.54, 1.807) is 0 Å². The molecule has 0 aliphatic carbocycles. The number of ether oxygens (including phenoxy) is 19. The summed E-state index contributed by atoms with van der Waals surface area (Å²) in [5.74, 6) is -12.5. The van der Waals surface area contributed by atoms with E-state index in [1.807, 2.05) is 0 Å². The van der Waals surface area contributed by atoms with Crippen LogP contribution < -0.4 is 37.2 Å². The number of rotatable bonds is 55. The van der Waals surface area contributed by atoms with E-state index >= 15 is 0 Å². The number of hydrogen-bond acceptors (Lipinski definition) is 40. The standard InChI is InChI=1S/C82H129N9O39.Ac/c1-44(92)86-67-75(123-55(12)103)71(111)59(40-116-48(5)96)127-79(67)112-38-22-18-26-65(109)90(34-30-84-63(107)24-16-20-36-113-80-68(87-45(2)93)76(124-56(13)104)72(120-52(9)100)60(128-80)41-117-49(6)97)32-28-83-29-33-91(66(110)27-19-23-39-115-82-70(89-47(4)95)78(126-58(15)106)74(122-54(11)102)62(130-82)43-119-51(8)99)35-31-85-64(108)25-17-21-37-114-81-69(88-46(3)94)77(125-57(14)105)73(121-53(10)101)61(129-81)42-118-50(7)98;/h59-62,67-83,111H,16-43H2,1-15H3,(H,84,107)(H,85,108)(H,86,92)(H,87,93)(H,88,94)(H,89,95);/t59?,60?,61?,62?,67?,68?,69?,70?,71-,72-,73-,74-,75+,76+,77+,78+,79+,80+,81+,82+;/m0./s1. The van der Waals surface area contributed by atoms with Crippen molar-refractivity contribution in [2.45, 2.75) is 303 Å². The molecule has 4 fully saturated rings. The minimum absolute atomic E-state index is 0. The van der Waals surface area contributed by atoms with Gasteiger partial charge in [-0.05, 0) is 51.4 Å². The first-order chi connectivity index (χ1) is 61.4. The van der Waals surface area contributed by atoms with Gasteiger partial charge in [0.25, 0.3) is 0 Å². The molecule has 4 aliphatic heterocycles. The van der Waals surface area contributed by atoms with Crippen LogP contribution in [0, 0.1) is 44.1 Å². The Kier molecular flexibility index (Phi) is 54.7. The largest absolute Gasteiger partial charge is 0.463 e. The molecule has 0 saturated carbocycles. The van der Waals surface area contributed by atoms with Crippen LogP contribution in [-0.4, -0.2) is 356 Å². The Bertz CT molecular complexity index is 3770. The van der Waals surface area contributed by atoms with E-state index in [0.29, 0.717) is 0 Å². The number of carbonyl (C=O) groups excluding carboxylic acids is 19. The second-order valence-electron chi connectivity index (χ2n) is 30.8. The number of hydrogen-bond donors (Lipinski definition) is 8. The van der Waals surface area contributed by atoms with E-state index < -0.39 is 250 Å². The summed E-state index contributed by atoms with van der Waals surface area (Å²) in [6, 6.07) is -4.98. The van der Waals surface area contributed by atoms with Crippen molar-refractivity contribution in [3.63, 3.8) is 0 Å². The van der Waals surface area contributed by atoms with Gasteiger partial charge in [0, 0.05) is 252 Å². The quantitative estimate of drug-likeness (QED) is 0.0174. The number of esters is 11. The van der Waals surface area contributed by atoms with Crippen LogP contribution in [0.2, 0.25) is 0 Å². The molecule has 49 heteroatoms. The fraction of sp³-hybridized carbons (Fsp3) is 0.768. The van der Waals surface area contributed by atoms with Gasteiger partial charge in [-0.15, -0.1) is 0 Å². The number of amides is 8. The minimum Gasteiger partial charge on any atom is -0.463 e.